The number of anilines is 1. The fourth-order valence-electron chi connectivity index (χ4n) is 4.82. The van der Waals surface area contributed by atoms with Gasteiger partial charge in [0.2, 0.25) is 0 Å². The molecule has 42 heavy (non-hydrogen) atoms. The Morgan fingerprint density at radius 1 is 0.952 bits per heavy atom. The summed E-state index contributed by atoms with van der Waals surface area (Å²) in [5, 5.41) is 6.62. The number of amides is 1. The lowest BCUT2D eigenvalue weighted by atomic mass is 9.93. The molecular formula is C32H29F3N2O5. The Hall–Kier alpha value is -4.60. The van der Waals surface area contributed by atoms with E-state index in [1.165, 1.54) is 12.1 Å². The van der Waals surface area contributed by atoms with Gasteiger partial charge in [-0.05, 0) is 68.0 Å². The zero-order chi connectivity index (χ0) is 30.1. The molecule has 1 atom stereocenters. The van der Waals surface area contributed by atoms with Crippen LogP contribution in [-0.4, -0.2) is 23.8 Å². The molecule has 1 saturated carbocycles. The van der Waals surface area contributed by atoms with Gasteiger partial charge in [0.1, 0.15) is 17.5 Å². The van der Waals surface area contributed by atoms with Gasteiger partial charge >= 0.3 is 18.2 Å². The second kappa shape index (κ2) is 11.3. The van der Waals surface area contributed by atoms with E-state index >= 15 is 0 Å². The highest BCUT2D eigenvalue weighted by Crippen LogP contribution is 2.49. The van der Waals surface area contributed by atoms with Crippen LogP contribution in [-0.2, 0) is 25.9 Å². The lowest BCUT2D eigenvalue weighted by Crippen LogP contribution is -2.23. The van der Waals surface area contributed by atoms with Crippen molar-refractivity contribution in [1.82, 2.24) is 5.16 Å². The van der Waals surface area contributed by atoms with E-state index in [0.717, 1.165) is 41.7 Å². The SMILES string of the molecule is CCOC(=O)C1(c2ccc(-c3ccc(-c4onc(C)c4NC(=O)OC(C)c4ccc(C(F)(F)F)cc4)cc3)cc2)CC1. The Morgan fingerprint density at radius 3 is 2.07 bits per heavy atom. The lowest BCUT2D eigenvalue weighted by molar-refractivity contribution is -0.146. The molecule has 0 spiro atoms. The molecule has 1 unspecified atom stereocenters. The van der Waals surface area contributed by atoms with Crippen LogP contribution >= 0.6 is 0 Å². The molecule has 7 nitrogen and oxygen atoms in total. The van der Waals surface area contributed by atoms with Crippen LogP contribution in [0.15, 0.2) is 77.3 Å². The van der Waals surface area contributed by atoms with Gasteiger partial charge in [-0.1, -0.05) is 65.8 Å². The van der Waals surface area contributed by atoms with Gasteiger partial charge in [0, 0.05) is 5.56 Å². The third kappa shape index (κ3) is 5.88. The standard InChI is InChI=1S/C32H29F3N2O5/c1-4-40-29(38)31(17-18-31)25-13-11-23(12-14-25)22-5-7-24(8-6-22)28-27(19(2)37-42-28)36-30(39)41-20(3)21-9-15-26(16-10-21)32(33,34)35/h5-16,20H,4,17-18H2,1-3H3,(H,36,39). The van der Waals surface area contributed by atoms with E-state index in [1.54, 1.807) is 20.8 Å². The largest absolute Gasteiger partial charge is 0.465 e. The van der Waals surface area contributed by atoms with E-state index in [1.807, 2.05) is 48.5 Å². The molecule has 1 N–H and O–H groups in total. The fraction of sp³-hybridized carbons (Fsp3) is 0.281. The van der Waals surface area contributed by atoms with Crippen molar-refractivity contribution in [2.75, 3.05) is 11.9 Å². The highest BCUT2D eigenvalue weighted by Gasteiger charge is 2.52. The summed E-state index contributed by atoms with van der Waals surface area (Å²) in [6.07, 6.45) is -4.48. The van der Waals surface area contributed by atoms with E-state index < -0.39 is 29.4 Å². The topological polar surface area (TPSA) is 90.7 Å². The Morgan fingerprint density at radius 2 is 1.52 bits per heavy atom. The summed E-state index contributed by atoms with van der Waals surface area (Å²) < 4.78 is 54.7. The molecule has 0 saturated heterocycles. The Bertz CT molecular complexity index is 1570. The zero-order valence-corrected chi connectivity index (χ0v) is 23.2. The number of esters is 1. The number of nitrogens with one attached hydrogen (secondary N) is 1. The molecule has 1 aliphatic rings. The molecule has 5 rings (SSSR count). The first kappa shape index (κ1) is 28.9. The van der Waals surface area contributed by atoms with Crippen LogP contribution in [0.1, 0.15) is 55.2 Å². The Kier molecular flexibility index (Phi) is 7.81. The summed E-state index contributed by atoms with van der Waals surface area (Å²) in [6, 6.07) is 19.8. The molecule has 4 aromatic rings. The van der Waals surface area contributed by atoms with E-state index in [2.05, 4.69) is 10.5 Å². The predicted molar refractivity (Wildman–Crippen MR) is 150 cm³/mol. The number of nitrogens with zero attached hydrogens (tertiary/aromatic N) is 1. The Labute approximate surface area is 240 Å². The number of carbonyl (C=O) groups excluding carboxylic acids is 2. The fourth-order valence-corrected chi connectivity index (χ4v) is 4.82. The van der Waals surface area contributed by atoms with Crippen molar-refractivity contribution >= 4 is 17.7 Å². The number of benzene rings is 3. The van der Waals surface area contributed by atoms with Crippen molar-refractivity contribution in [3.63, 3.8) is 0 Å². The van der Waals surface area contributed by atoms with Gasteiger partial charge in [-0.25, -0.2) is 4.79 Å². The van der Waals surface area contributed by atoms with Crippen molar-refractivity contribution < 1.29 is 36.8 Å². The van der Waals surface area contributed by atoms with Crippen LogP contribution in [0.3, 0.4) is 0 Å². The van der Waals surface area contributed by atoms with Gasteiger partial charge < -0.3 is 14.0 Å². The highest BCUT2D eigenvalue weighted by atomic mass is 19.4. The predicted octanol–water partition coefficient (Wildman–Crippen LogP) is 8.24. The summed E-state index contributed by atoms with van der Waals surface area (Å²) in [4.78, 5) is 25.1. The van der Waals surface area contributed by atoms with Gasteiger partial charge in [0.25, 0.3) is 0 Å². The first-order chi connectivity index (χ1) is 20.0. The molecule has 1 heterocycles. The molecule has 10 heteroatoms. The second-order valence-electron chi connectivity index (χ2n) is 10.2. The van der Waals surface area contributed by atoms with Crippen LogP contribution in [0, 0.1) is 6.92 Å². The summed E-state index contributed by atoms with van der Waals surface area (Å²) >= 11 is 0. The quantitative estimate of drug-likeness (QED) is 0.212. The summed E-state index contributed by atoms with van der Waals surface area (Å²) in [5.41, 5.74) is 3.40. The minimum atomic E-state index is -4.45. The number of hydrogen-bond donors (Lipinski definition) is 1. The molecule has 3 aromatic carbocycles. The number of hydrogen-bond acceptors (Lipinski definition) is 6. The average molecular weight is 579 g/mol. The third-order valence-corrected chi connectivity index (χ3v) is 7.42. The van der Waals surface area contributed by atoms with Crippen molar-refractivity contribution in [3.8, 4) is 22.5 Å². The normalized spacial score (nSPS) is 14.6. The minimum Gasteiger partial charge on any atom is -0.465 e. The van der Waals surface area contributed by atoms with Gasteiger partial charge in [0.15, 0.2) is 5.76 Å². The van der Waals surface area contributed by atoms with Crippen LogP contribution in [0.2, 0.25) is 0 Å². The van der Waals surface area contributed by atoms with E-state index in [9.17, 15) is 22.8 Å². The minimum absolute atomic E-state index is 0.174. The molecule has 1 fully saturated rings. The molecule has 1 aromatic heterocycles. The van der Waals surface area contributed by atoms with Gasteiger partial charge in [-0.2, -0.15) is 13.2 Å². The molecule has 0 bridgehead atoms. The van der Waals surface area contributed by atoms with E-state index in [-0.39, 0.29) is 5.97 Å². The van der Waals surface area contributed by atoms with Crippen molar-refractivity contribution in [1.29, 1.82) is 0 Å². The van der Waals surface area contributed by atoms with Crippen LogP contribution in [0.25, 0.3) is 22.5 Å². The second-order valence-corrected chi connectivity index (χ2v) is 10.2. The maximum atomic E-state index is 12.8. The average Bonchev–Trinajstić information content (AvgIpc) is 3.72. The van der Waals surface area contributed by atoms with Crippen LogP contribution in [0.4, 0.5) is 23.7 Å². The van der Waals surface area contributed by atoms with Crippen molar-refractivity contribution in [3.05, 3.63) is 95.2 Å². The molecule has 1 amide bonds. The monoisotopic (exact) mass is 578 g/mol. The number of alkyl halides is 3. The van der Waals surface area contributed by atoms with E-state index in [4.69, 9.17) is 14.0 Å². The first-order valence-corrected chi connectivity index (χ1v) is 13.5. The van der Waals surface area contributed by atoms with Crippen molar-refractivity contribution in [2.45, 2.75) is 51.3 Å². The van der Waals surface area contributed by atoms with Gasteiger partial charge in [-0.15, -0.1) is 0 Å². The Balaban J connectivity index is 1.26. The number of carbonyl (C=O) groups is 2. The maximum absolute atomic E-state index is 12.8. The number of halogens is 3. The van der Waals surface area contributed by atoms with Crippen LogP contribution in [0.5, 0.6) is 0 Å². The summed E-state index contributed by atoms with van der Waals surface area (Å²) in [7, 11) is 0. The molecule has 1 aliphatic carbocycles. The maximum Gasteiger partial charge on any atom is 0.416 e. The first-order valence-electron chi connectivity index (χ1n) is 13.5. The number of rotatable bonds is 8. The molecule has 0 radical (unpaired) electrons. The smallest absolute Gasteiger partial charge is 0.416 e. The van der Waals surface area contributed by atoms with E-state index in [0.29, 0.717) is 34.9 Å². The number of ether oxygens (including phenoxy) is 2. The number of aromatic nitrogens is 1. The third-order valence-electron chi connectivity index (χ3n) is 7.42. The van der Waals surface area contributed by atoms with Crippen molar-refractivity contribution in [2.24, 2.45) is 0 Å². The lowest BCUT2D eigenvalue weighted by Gasteiger charge is -2.15. The zero-order valence-electron chi connectivity index (χ0n) is 23.2. The number of aryl methyl sites for hydroxylation is 1. The highest BCUT2D eigenvalue weighted by molar-refractivity contribution is 5.91. The van der Waals surface area contributed by atoms with Gasteiger partial charge in [0.05, 0.1) is 17.6 Å². The van der Waals surface area contributed by atoms with Crippen LogP contribution < -0.4 is 5.32 Å². The molecule has 218 valence electrons. The summed E-state index contributed by atoms with van der Waals surface area (Å²) in [5.74, 6) is 0.158. The molecular weight excluding hydrogens is 549 g/mol. The van der Waals surface area contributed by atoms with Gasteiger partial charge in [-0.3, -0.25) is 10.1 Å². The summed E-state index contributed by atoms with van der Waals surface area (Å²) in [6.45, 7) is 5.39. The molecule has 0 aliphatic heterocycles.